The summed E-state index contributed by atoms with van der Waals surface area (Å²) in [4.78, 5) is 0. The first-order valence-corrected chi connectivity index (χ1v) is 5.63. The summed E-state index contributed by atoms with van der Waals surface area (Å²) >= 11 is 0. The Labute approximate surface area is 103 Å². The van der Waals surface area contributed by atoms with Crippen LogP contribution in [0.5, 0.6) is 0 Å². The summed E-state index contributed by atoms with van der Waals surface area (Å²) in [5, 5.41) is 0. The summed E-state index contributed by atoms with van der Waals surface area (Å²) in [5.74, 6) is 0. The van der Waals surface area contributed by atoms with Crippen molar-refractivity contribution in [2.45, 2.75) is 6.29 Å². The van der Waals surface area contributed by atoms with E-state index in [9.17, 15) is 0 Å². The van der Waals surface area contributed by atoms with Crippen LogP contribution in [0.25, 0.3) is 0 Å². The van der Waals surface area contributed by atoms with E-state index < -0.39 is 0 Å². The van der Waals surface area contributed by atoms with E-state index >= 15 is 0 Å². The highest BCUT2D eigenvalue weighted by Gasteiger charge is 2.03. The lowest BCUT2D eigenvalue weighted by molar-refractivity contribution is -0.143. The van der Waals surface area contributed by atoms with E-state index in [0.717, 1.165) is 0 Å². The molecule has 0 atom stereocenters. The Kier molecular flexibility index (Phi) is 13.6. The van der Waals surface area contributed by atoms with Gasteiger partial charge in [0.1, 0.15) is 0 Å². The van der Waals surface area contributed by atoms with Crippen molar-refractivity contribution < 1.29 is 28.4 Å². The van der Waals surface area contributed by atoms with Crippen molar-refractivity contribution in [1.29, 1.82) is 0 Å². The van der Waals surface area contributed by atoms with Gasteiger partial charge in [0.25, 0.3) is 0 Å². The number of hydrogen-bond donors (Lipinski definition) is 0. The number of hydrogen-bond acceptors (Lipinski definition) is 6. The maximum atomic E-state index is 5.29. The smallest absolute Gasteiger partial charge is 0.180 e. The molecule has 0 aliphatic heterocycles. The van der Waals surface area contributed by atoms with Gasteiger partial charge in [0, 0.05) is 21.3 Å². The molecule has 0 amide bonds. The third-order valence-electron chi connectivity index (χ3n) is 1.96. The normalized spacial score (nSPS) is 11.3. The second-order valence-corrected chi connectivity index (χ2v) is 3.19. The fourth-order valence-electron chi connectivity index (χ4n) is 0.994. The van der Waals surface area contributed by atoms with Crippen molar-refractivity contribution >= 4 is 0 Å². The van der Waals surface area contributed by atoms with Crippen molar-refractivity contribution in [2.24, 2.45) is 0 Å². The maximum absolute atomic E-state index is 5.29. The standard InChI is InChI=1S/C11H24O6/c1-12-4-5-15-6-7-16-8-9-17-10-11(13-2)14-3/h11H,4-10H2,1-3H3. The van der Waals surface area contributed by atoms with Gasteiger partial charge >= 0.3 is 0 Å². The maximum Gasteiger partial charge on any atom is 0.180 e. The number of rotatable bonds is 13. The summed E-state index contributed by atoms with van der Waals surface area (Å²) in [6.45, 7) is 3.79. The molecule has 0 radical (unpaired) electrons. The van der Waals surface area contributed by atoms with Crippen molar-refractivity contribution in [3.05, 3.63) is 0 Å². The Bertz CT molecular complexity index is 140. The van der Waals surface area contributed by atoms with Crippen LogP contribution in [0.1, 0.15) is 0 Å². The van der Waals surface area contributed by atoms with Crippen LogP contribution in [0.15, 0.2) is 0 Å². The molecule has 17 heavy (non-hydrogen) atoms. The van der Waals surface area contributed by atoms with E-state index in [1.807, 2.05) is 0 Å². The van der Waals surface area contributed by atoms with Crippen LogP contribution < -0.4 is 0 Å². The molecule has 0 aliphatic carbocycles. The molecule has 0 bridgehead atoms. The summed E-state index contributed by atoms with van der Waals surface area (Å²) in [7, 11) is 4.79. The average molecular weight is 252 g/mol. The van der Waals surface area contributed by atoms with Crippen LogP contribution >= 0.6 is 0 Å². The quantitative estimate of drug-likeness (QED) is 0.347. The average Bonchev–Trinajstić information content (AvgIpc) is 2.36. The second kappa shape index (κ2) is 13.8. The lowest BCUT2D eigenvalue weighted by atomic mass is 10.6. The largest absolute Gasteiger partial charge is 0.382 e. The van der Waals surface area contributed by atoms with E-state index in [0.29, 0.717) is 46.2 Å². The van der Waals surface area contributed by atoms with E-state index in [1.165, 1.54) is 0 Å². The number of methoxy groups -OCH3 is 3. The highest BCUT2D eigenvalue weighted by atomic mass is 16.7. The van der Waals surface area contributed by atoms with Crippen molar-refractivity contribution in [1.82, 2.24) is 0 Å². The minimum atomic E-state index is -0.313. The number of ether oxygens (including phenoxy) is 6. The fraction of sp³-hybridized carbons (Fsp3) is 1.00. The van der Waals surface area contributed by atoms with Crippen LogP contribution in [-0.4, -0.2) is 73.9 Å². The molecule has 0 aromatic carbocycles. The molecule has 6 heteroatoms. The molecule has 0 aliphatic rings. The minimum Gasteiger partial charge on any atom is -0.382 e. The molecule has 0 aromatic rings. The van der Waals surface area contributed by atoms with Crippen LogP contribution in [0.4, 0.5) is 0 Å². The van der Waals surface area contributed by atoms with E-state index in [2.05, 4.69) is 0 Å². The van der Waals surface area contributed by atoms with E-state index in [4.69, 9.17) is 28.4 Å². The molecular formula is C11H24O6. The third-order valence-corrected chi connectivity index (χ3v) is 1.96. The van der Waals surface area contributed by atoms with Gasteiger partial charge in [-0.2, -0.15) is 0 Å². The van der Waals surface area contributed by atoms with Crippen molar-refractivity contribution in [2.75, 3.05) is 67.6 Å². The summed E-state index contributed by atoms with van der Waals surface area (Å²) in [6.07, 6.45) is -0.313. The monoisotopic (exact) mass is 252 g/mol. The fourth-order valence-corrected chi connectivity index (χ4v) is 0.994. The van der Waals surface area contributed by atoms with Gasteiger partial charge in [-0.25, -0.2) is 0 Å². The predicted octanol–water partition coefficient (Wildman–Crippen LogP) is 0.302. The Morgan fingerprint density at radius 3 is 1.59 bits per heavy atom. The van der Waals surface area contributed by atoms with Crippen LogP contribution in [0.3, 0.4) is 0 Å². The Morgan fingerprint density at radius 2 is 1.12 bits per heavy atom. The highest BCUT2D eigenvalue weighted by molar-refractivity contribution is 4.39. The van der Waals surface area contributed by atoms with Gasteiger partial charge in [0.2, 0.25) is 0 Å². The molecule has 0 spiro atoms. The van der Waals surface area contributed by atoms with Crippen molar-refractivity contribution in [3.8, 4) is 0 Å². The molecule has 104 valence electrons. The molecule has 0 unspecified atom stereocenters. The first-order chi connectivity index (χ1) is 8.35. The first kappa shape index (κ1) is 16.8. The molecule has 0 aromatic heterocycles. The topological polar surface area (TPSA) is 55.4 Å². The van der Waals surface area contributed by atoms with Crippen LogP contribution in [0.2, 0.25) is 0 Å². The molecule has 0 heterocycles. The molecule has 6 nitrogen and oxygen atoms in total. The lowest BCUT2D eigenvalue weighted by Gasteiger charge is -2.13. The van der Waals surface area contributed by atoms with Crippen molar-refractivity contribution in [3.63, 3.8) is 0 Å². The SMILES string of the molecule is COCCOCCOCCOCC(OC)OC. The summed E-state index contributed by atoms with van der Waals surface area (Å²) in [5.41, 5.74) is 0. The zero-order chi connectivity index (χ0) is 12.8. The highest BCUT2D eigenvalue weighted by Crippen LogP contribution is 1.91. The van der Waals surface area contributed by atoms with Gasteiger partial charge in [-0.05, 0) is 0 Å². The second-order valence-electron chi connectivity index (χ2n) is 3.19. The molecule has 0 fully saturated rings. The Hall–Kier alpha value is -0.240. The van der Waals surface area contributed by atoms with Gasteiger partial charge in [-0.1, -0.05) is 0 Å². The first-order valence-electron chi connectivity index (χ1n) is 5.63. The summed E-state index contributed by atoms with van der Waals surface area (Å²) in [6, 6.07) is 0. The Balaban J connectivity index is 3.03. The van der Waals surface area contributed by atoms with Crippen LogP contribution in [0, 0.1) is 0 Å². The van der Waals surface area contributed by atoms with E-state index in [-0.39, 0.29) is 6.29 Å². The molecule has 0 rings (SSSR count). The lowest BCUT2D eigenvalue weighted by Crippen LogP contribution is -2.21. The van der Waals surface area contributed by atoms with Gasteiger partial charge in [0.15, 0.2) is 6.29 Å². The molecular weight excluding hydrogens is 228 g/mol. The summed E-state index contributed by atoms with van der Waals surface area (Å²) < 4.78 is 30.6. The molecule has 0 saturated heterocycles. The Morgan fingerprint density at radius 1 is 0.647 bits per heavy atom. The van der Waals surface area contributed by atoms with Gasteiger partial charge in [0.05, 0.1) is 46.2 Å². The van der Waals surface area contributed by atoms with Crippen LogP contribution in [-0.2, 0) is 28.4 Å². The zero-order valence-electron chi connectivity index (χ0n) is 11.0. The molecule has 0 N–H and O–H groups in total. The zero-order valence-corrected chi connectivity index (χ0v) is 11.0. The van der Waals surface area contributed by atoms with Gasteiger partial charge in [-0.3, -0.25) is 0 Å². The van der Waals surface area contributed by atoms with E-state index in [1.54, 1.807) is 21.3 Å². The minimum absolute atomic E-state index is 0.313. The predicted molar refractivity (Wildman–Crippen MR) is 62.1 cm³/mol. The van der Waals surface area contributed by atoms with Gasteiger partial charge in [-0.15, -0.1) is 0 Å². The van der Waals surface area contributed by atoms with Gasteiger partial charge < -0.3 is 28.4 Å². The molecule has 0 saturated carbocycles. The third kappa shape index (κ3) is 12.0.